The van der Waals surface area contributed by atoms with Crippen molar-refractivity contribution in [1.82, 2.24) is 15.0 Å². The summed E-state index contributed by atoms with van der Waals surface area (Å²) < 4.78 is 70.9. The molecule has 0 saturated heterocycles. The molecular weight excluding hydrogens is 935 g/mol. The van der Waals surface area contributed by atoms with Crippen molar-refractivity contribution in [1.29, 1.82) is 0 Å². The third kappa shape index (κ3) is 11.5. The molecule has 0 bridgehead atoms. The summed E-state index contributed by atoms with van der Waals surface area (Å²) in [6.45, 7) is 11.1. The van der Waals surface area contributed by atoms with E-state index in [0.29, 0.717) is 49.5 Å². The summed E-state index contributed by atoms with van der Waals surface area (Å²) in [6, 6.07) is 31.2. The summed E-state index contributed by atoms with van der Waals surface area (Å²) in [6.07, 6.45) is 5.39. The Balaban J connectivity index is 1.24. The van der Waals surface area contributed by atoms with Gasteiger partial charge in [-0.1, -0.05) is 91.7 Å². The Morgan fingerprint density at radius 1 is 0.565 bits per heavy atom. The Kier molecular flexibility index (Phi) is 15.1. The van der Waals surface area contributed by atoms with Gasteiger partial charge in [-0.3, -0.25) is 9.11 Å². The standard InChI is InChI=1S/C49H53N11O6S3/c1-5-59(6-2)34-24-26-39(55-57-45-37-20-14-12-16-32(37)22-28-43(45)68(61,62)63)41(30-34)50-47-52-48(54-49(53-47)67-36-18-10-9-11-19-36)51-42-31-35(60(7-3)8-4)25-27-40(42)56-58-46-38-21-15-13-17-33(38)23-29-44(46)69(64,65)66/h12-17,20-31,36H,5-11,18-19H2,1-4H3,(H,61,62,63)(H,64,65,66)(H2,50,51,52,53,54)/b57-55+,58-56+. The van der Waals surface area contributed by atoms with Gasteiger partial charge in [0, 0.05) is 53.6 Å². The normalized spacial score (nSPS) is 13.7. The lowest BCUT2D eigenvalue weighted by Crippen LogP contribution is -2.21. The molecule has 4 N–H and O–H groups in total. The summed E-state index contributed by atoms with van der Waals surface area (Å²) >= 11 is 1.57. The summed E-state index contributed by atoms with van der Waals surface area (Å²) in [5, 5.41) is 28.1. The first-order valence-corrected chi connectivity index (χ1v) is 26.6. The molecule has 7 aromatic rings. The van der Waals surface area contributed by atoms with Gasteiger partial charge in [0.05, 0.1) is 11.4 Å². The first-order valence-electron chi connectivity index (χ1n) is 22.8. The van der Waals surface area contributed by atoms with Crippen LogP contribution in [0.4, 0.5) is 57.4 Å². The summed E-state index contributed by atoms with van der Waals surface area (Å²) in [5.74, 6) is 0.360. The molecule has 1 saturated carbocycles. The fourth-order valence-electron chi connectivity index (χ4n) is 8.39. The van der Waals surface area contributed by atoms with E-state index < -0.39 is 20.2 Å². The van der Waals surface area contributed by atoms with Gasteiger partial charge in [0.15, 0.2) is 5.16 Å². The number of hydrogen-bond acceptors (Lipinski definition) is 16. The van der Waals surface area contributed by atoms with Crippen LogP contribution in [0.25, 0.3) is 21.5 Å². The number of hydrogen-bond donors (Lipinski definition) is 4. The first-order chi connectivity index (χ1) is 33.3. The Hall–Kier alpha value is -6.58. The number of nitrogens with one attached hydrogen (secondary N) is 2. The van der Waals surface area contributed by atoms with Gasteiger partial charge in [0.1, 0.15) is 32.5 Å². The van der Waals surface area contributed by atoms with E-state index >= 15 is 0 Å². The van der Waals surface area contributed by atoms with Crippen molar-refractivity contribution >= 4 is 111 Å². The van der Waals surface area contributed by atoms with Gasteiger partial charge in [0.2, 0.25) is 11.9 Å². The van der Waals surface area contributed by atoms with Crippen LogP contribution >= 0.6 is 11.8 Å². The van der Waals surface area contributed by atoms with Gasteiger partial charge >= 0.3 is 0 Å². The Morgan fingerprint density at radius 3 is 1.42 bits per heavy atom. The molecule has 1 fully saturated rings. The number of anilines is 6. The molecule has 20 heteroatoms. The molecule has 8 rings (SSSR count). The van der Waals surface area contributed by atoms with E-state index in [1.807, 2.05) is 48.5 Å². The van der Waals surface area contributed by atoms with E-state index in [-0.39, 0.29) is 38.3 Å². The van der Waals surface area contributed by atoms with Gasteiger partial charge in [-0.2, -0.15) is 31.8 Å². The molecule has 0 aliphatic heterocycles. The van der Waals surface area contributed by atoms with Gasteiger partial charge in [0.25, 0.3) is 20.2 Å². The molecule has 1 aliphatic carbocycles. The third-order valence-electron chi connectivity index (χ3n) is 11.9. The van der Waals surface area contributed by atoms with E-state index in [4.69, 9.17) is 15.0 Å². The molecule has 1 heterocycles. The third-order valence-corrected chi connectivity index (χ3v) is 14.9. The van der Waals surface area contributed by atoms with Gasteiger partial charge < -0.3 is 20.4 Å². The molecule has 17 nitrogen and oxygen atoms in total. The molecule has 1 aliphatic rings. The monoisotopic (exact) mass is 987 g/mol. The van der Waals surface area contributed by atoms with E-state index in [1.165, 1.54) is 18.6 Å². The molecular formula is C49H53N11O6S3. The highest BCUT2D eigenvalue weighted by Crippen LogP contribution is 2.41. The molecule has 0 radical (unpaired) electrons. The number of azo groups is 2. The van der Waals surface area contributed by atoms with Crippen LogP contribution in [-0.2, 0) is 20.2 Å². The maximum absolute atomic E-state index is 12.6. The first kappa shape index (κ1) is 48.9. The fourth-order valence-corrected chi connectivity index (χ4v) is 10.8. The number of aromatic nitrogens is 3. The van der Waals surface area contributed by atoms with Crippen LogP contribution in [0.1, 0.15) is 59.8 Å². The lowest BCUT2D eigenvalue weighted by Gasteiger charge is -2.23. The maximum atomic E-state index is 12.6. The van der Waals surface area contributed by atoms with Crippen molar-refractivity contribution in [2.24, 2.45) is 20.5 Å². The van der Waals surface area contributed by atoms with Crippen molar-refractivity contribution in [3.63, 3.8) is 0 Å². The fraction of sp³-hybridized carbons (Fsp3) is 0.286. The molecule has 1 aromatic heterocycles. The van der Waals surface area contributed by atoms with Crippen LogP contribution in [0.15, 0.2) is 145 Å². The average Bonchev–Trinajstić information content (AvgIpc) is 3.33. The minimum Gasteiger partial charge on any atom is -0.372 e. The zero-order valence-electron chi connectivity index (χ0n) is 38.6. The molecule has 69 heavy (non-hydrogen) atoms. The van der Waals surface area contributed by atoms with E-state index in [1.54, 1.807) is 60.3 Å². The smallest absolute Gasteiger partial charge is 0.296 e. The van der Waals surface area contributed by atoms with Gasteiger partial charge in [-0.15, -0.1) is 20.5 Å². The lowest BCUT2D eigenvalue weighted by molar-refractivity contribution is 0.481. The van der Waals surface area contributed by atoms with Crippen LogP contribution in [-0.4, -0.2) is 72.3 Å². The molecule has 0 atom stereocenters. The number of rotatable bonds is 18. The molecule has 0 unspecified atom stereocenters. The van der Waals surface area contributed by atoms with Crippen molar-refractivity contribution < 1.29 is 25.9 Å². The largest absolute Gasteiger partial charge is 0.372 e. The van der Waals surface area contributed by atoms with Crippen LogP contribution < -0.4 is 20.4 Å². The predicted octanol–water partition coefficient (Wildman–Crippen LogP) is 13.1. The van der Waals surface area contributed by atoms with E-state index in [9.17, 15) is 25.9 Å². The quantitative estimate of drug-likeness (QED) is 0.0463. The van der Waals surface area contributed by atoms with E-state index in [0.717, 1.165) is 63.2 Å². The van der Waals surface area contributed by atoms with E-state index in [2.05, 4.69) is 68.6 Å². The van der Waals surface area contributed by atoms with Crippen molar-refractivity contribution in [2.45, 2.75) is 80.0 Å². The zero-order valence-corrected chi connectivity index (χ0v) is 41.1. The zero-order chi connectivity index (χ0) is 48.7. The van der Waals surface area contributed by atoms with Crippen molar-refractivity contribution in [3.8, 4) is 0 Å². The minimum atomic E-state index is -4.67. The second-order valence-corrected chi connectivity index (χ2v) is 20.3. The predicted molar refractivity (Wildman–Crippen MR) is 275 cm³/mol. The van der Waals surface area contributed by atoms with Crippen LogP contribution in [0.3, 0.4) is 0 Å². The van der Waals surface area contributed by atoms with Crippen molar-refractivity contribution in [2.75, 3.05) is 46.6 Å². The summed E-state index contributed by atoms with van der Waals surface area (Å²) in [7, 11) is -9.34. The van der Waals surface area contributed by atoms with Crippen LogP contribution in [0.5, 0.6) is 0 Å². The molecule has 6 aromatic carbocycles. The molecule has 0 spiro atoms. The van der Waals surface area contributed by atoms with Gasteiger partial charge in [-0.25, -0.2) is 0 Å². The minimum absolute atomic E-state index is 0.0123. The Bertz CT molecular complexity index is 3080. The Morgan fingerprint density at radius 2 is 1.00 bits per heavy atom. The highest BCUT2D eigenvalue weighted by atomic mass is 32.2. The number of nitrogens with zero attached hydrogens (tertiary/aromatic N) is 9. The summed E-state index contributed by atoms with van der Waals surface area (Å²) in [5.41, 5.74) is 3.33. The maximum Gasteiger partial charge on any atom is 0.296 e. The topological polar surface area (TPSA) is 227 Å². The van der Waals surface area contributed by atoms with Crippen LogP contribution in [0, 0.1) is 0 Å². The highest BCUT2D eigenvalue weighted by Gasteiger charge is 2.22. The number of thioether (sulfide) groups is 1. The van der Waals surface area contributed by atoms with Crippen molar-refractivity contribution in [3.05, 3.63) is 109 Å². The highest BCUT2D eigenvalue weighted by molar-refractivity contribution is 7.99. The SMILES string of the molecule is CCN(CC)c1ccc(/N=N/c2c(S(=O)(=O)O)ccc3ccccc23)c(Nc2nc(Nc3cc(N(CC)CC)ccc3/N=N/c3c(S(=O)(=O)O)ccc4ccccc34)nc(SC3CCCCC3)n2)c1. The number of fused-ring (bicyclic) bond motifs is 2. The van der Waals surface area contributed by atoms with Gasteiger partial charge in [-0.05, 0) is 99.8 Å². The molecule has 358 valence electrons. The second-order valence-electron chi connectivity index (χ2n) is 16.3. The Labute approximate surface area is 406 Å². The summed E-state index contributed by atoms with van der Waals surface area (Å²) in [4.78, 5) is 18.3. The van der Waals surface area contributed by atoms with Crippen LogP contribution in [0.2, 0.25) is 0 Å². The number of benzene rings is 6. The molecule has 0 amide bonds. The lowest BCUT2D eigenvalue weighted by atomic mass is 10.0. The second kappa shape index (κ2) is 21.4. The average molecular weight is 988 g/mol.